The van der Waals surface area contributed by atoms with E-state index in [4.69, 9.17) is 0 Å². The number of alkyl halides is 3. The minimum Gasteiger partial charge on any atom is -0.423 e. The zero-order valence-electron chi connectivity index (χ0n) is 28.4. The van der Waals surface area contributed by atoms with Gasteiger partial charge in [0.1, 0.15) is 5.41 Å². The molecule has 0 heterocycles. The van der Waals surface area contributed by atoms with E-state index >= 15 is 13.2 Å². The summed E-state index contributed by atoms with van der Waals surface area (Å²) >= 11 is 0. The fraction of sp³-hybridized carbons (Fsp3) is 0.158. The number of hydrogen-bond donors (Lipinski definition) is 8. The first kappa shape index (κ1) is 34.3. The normalized spacial score (nSPS) is 15.3. The predicted octanol–water partition coefficient (Wildman–Crippen LogP) is 1.51. The number of hydrogen-bond acceptors (Lipinski definition) is 8. The Bertz CT molecular complexity index is 2460. The van der Waals surface area contributed by atoms with Gasteiger partial charge in [-0.05, 0) is 141 Å². The van der Waals surface area contributed by atoms with Gasteiger partial charge in [-0.1, -0.05) is 62.4 Å². The second kappa shape index (κ2) is 10.8. The van der Waals surface area contributed by atoms with Crippen molar-refractivity contribution in [1.29, 1.82) is 0 Å². The molecule has 53 heavy (non-hydrogen) atoms. The van der Waals surface area contributed by atoms with Crippen molar-refractivity contribution in [3.8, 4) is 44.5 Å². The molecule has 262 valence electrons. The Labute approximate surface area is 302 Å². The van der Waals surface area contributed by atoms with Crippen molar-refractivity contribution in [2.45, 2.75) is 37.8 Å². The van der Waals surface area contributed by atoms with Crippen LogP contribution in [0.2, 0.25) is 0 Å². The molecule has 0 unspecified atom stereocenters. The van der Waals surface area contributed by atoms with Crippen LogP contribution in [0.15, 0.2) is 72.8 Å². The lowest BCUT2D eigenvalue weighted by Gasteiger charge is -2.46. The van der Waals surface area contributed by atoms with Gasteiger partial charge in [0.15, 0.2) is 0 Å². The molecule has 6 aromatic rings. The highest BCUT2D eigenvalue weighted by Crippen LogP contribution is 2.61. The van der Waals surface area contributed by atoms with Crippen molar-refractivity contribution >= 4 is 71.9 Å². The fourth-order valence-electron chi connectivity index (χ4n) is 9.12. The Balaban J connectivity index is 1.36. The van der Waals surface area contributed by atoms with Crippen molar-refractivity contribution in [2.75, 3.05) is 0 Å². The van der Waals surface area contributed by atoms with Crippen LogP contribution in [0, 0.1) is 0 Å². The van der Waals surface area contributed by atoms with E-state index in [2.05, 4.69) is 0 Å². The maximum absolute atomic E-state index is 16.0. The highest BCUT2D eigenvalue weighted by Gasteiger charge is 2.60. The second-order valence-electron chi connectivity index (χ2n) is 15.1. The van der Waals surface area contributed by atoms with Gasteiger partial charge in [-0.15, -0.1) is 0 Å². The van der Waals surface area contributed by atoms with Crippen LogP contribution in [0.4, 0.5) is 13.2 Å². The molecular weight excluding hydrogens is 685 g/mol. The minimum atomic E-state index is -4.83. The quantitative estimate of drug-likeness (QED) is 0.128. The summed E-state index contributed by atoms with van der Waals surface area (Å²) in [6, 6.07) is 18.8. The van der Waals surface area contributed by atoms with Gasteiger partial charge in [-0.2, -0.15) is 13.2 Å². The first-order valence-corrected chi connectivity index (χ1v) is 17.0. The monoisotopic (exact) mass is 714 g/mol. The molecule has 0 aromatic heterocycles. The van der Waals surface area contributed by atoms with Crippen LogP contribution in [0.3, 0.4) is 0 Å². The minimum absolute atomic E-state index is 0.00500. The molecule has 3 aliphatic rings. The van der Waals surface area contributed by atoms with Crippen LogP contribution in [0.5, 0.6) is 0 Å². The van der Waals surface area contributed by atoms with Crippen LogP contribution < -0.4 is 21.9 Å². The molecule has 0 radical (unpaired) electrons. The van der Waals surface area contributed by atoms with Gasteiger partial charge in [0.05, 0.1) is 0 Å². The third-order valence-corrected chi connectivity index (χ3v) is 11.8. The average Bonchev–Trinajstić information content (AvgIpc) is 3.58. The lowest BCUT2D eigenvalue weighted by Crippen LogP contribution is -2.47. The van der Waals surface area contributed by atoms with Crippen LogP contribution >= 0.6 is 0 Å². The molecule has 0 saturated carbocycles. The molecule has 6 aromatic carbocycles. The van der Waals surface area contributed by atoms with Crippen LogP contribution in [-0.4, -0.2) is 74.8 Å². The molecule has 0 amide bonds. The van der Waals surface area contributed by atoms with Crippen LogP contribution in [-0.2, 0) is 10.8 Å². The Kier molecular flexibility index (Phi) is 7.02. The number of benzene rings is 6. The SMILES string of the molecule is CC1(C)c2cc3c(cc2C(C)(C(F)(F)F)c2cc4c(cc21)-c1cc(B(O)O)cc2cc(B(O)O)cc-4c12)-c1cc(B(O)O)cc2cc(B(O)O)cc-3c12. The smallest absolute Gasteiger partial charge is 0.423 e. The molecule has 8 nitrogen and oxygen atoms in total. The summed E-state index contributed by atoms with van der Waals surface area (Å²) in [7, 11) is -7.51. The summed E-state index contributed by atoms with van der Waals surface area (Å²) < 4.78 is 48.0. The molecule has 0 saturated heterocycles. The van der Waals surface area contributed by atoms with Crippen LogP contribution in [0.1, 0.15) is 43.0 Å². The Morgan fingerprint density at radius 2 is 0.660 bits per heavy atom. The maximum atomic E-state index is 16.0. The molecule has 15 heteroatoms. The second-order valence-corrected chi connectivity index (χ2v) is 15.1. The van der Waals surface area contributed by atoms with Gasteiger partial charge in [0, 0.05) is 5.41 Å². The van der Waals surface area contributed by atoms with E-state index in [1.165, 1.54) is 48.5 Å². The first-order valence-electron chi connectivity index (χ1n) is 17.0. The van der Waals surface area contributed by atoms with Crippen molar-refractivity contribution < 1.29 is 53.4 Å². The van der Waals surface area contributed by atoms with Gasteiger partial charge < -0.3 is 40.2 Å². The van der Waals surface area contributed by atoms with E-state index in [-0.39, 0.29) is 33.0 Å². The highest BCUT2D eigenvalue weighted by atomic mass is 19.4. The molecule has 0 spiro atoms. The fourth-order valence-corrected chi connectivity index (χ4v) is 9.12. The standard InChI is InChI=1S/C38H29B4F3O8/c1-36(2)30-12-22-24(28-10-20(41(50)51)6-16-4-18(39(46)47)8-26(22)34(16)28)14-32(30)37(3,38(43,44)45)33-15-25-23(13-31(33)36)27-9-19(40(48)49)5-17-7-21(42(52)53)11-29(25)35(17)27/h4-15,46-53H,1-3H3. The third kappa shape index (κ3) is 4.48. The Hall–Kier alpha value is -4.43. The summed E-state index contributed by atoms with van der Waals surface area (Å²) in [5.41, 5.74) is 1.73. The topological polar surface area (TPSA) is 162 Å². The number of halogens is 3. The predicted molar refractivity (Wildman–Crippen MR) is 201 cm³/mol. The highest BCUT2D eigenvalue weighted by molar-refractivity contribution is 6.61. The number of rotatable bonds is 4. The summed E-state index contributed by atoms with van der Waals surface area (Å²) in [6.07, 6.45) is -4.83. The summed E-state index contributed by atoms with van der Waals surface area (Å²) in [6.45, 7) is 4.84. The Morgan fingerprint density at radius 3 is 0.906 bits per heavy atom. The third-order valence-electron chi connectivity index (χ3n) is 11.8. The molecule has 9 rings (SSSR count). The van der Waals surface area contributed by atoms with E-state index in [0.29, 0.717) is 77.2 Å². The molecule has 0 bridgehead atoms. The molecule has 8 N–H and O–H groups in total. The molecule has 0 atom stereocenters. The molecule has 3 aliphatic carbocycles. The van der Waals surface area contributed by atoms with Crippen molar-refractivity contribution in [1.82, 2.24) is 0 Å². The Morgan fingerprint density at radius 1 is 0.396 bits per heavy atom. The lowest BCUT2D eigenvalue weighted by atomic mass is 9.57. The van der Waals surface area contributed by atoms with Crippen molar-refractivity contribution in [3.05, 3.63) is 95.1 Å². The summed E-state index contributed by atoms with van der Waals surface area (Å²) in [4.78, 5) is 0. The van der Waals surface area contributed by atoms with Crippen LogP contribution in [0.25, 0.3) is 66.1 Å². The molecule has 0 fully saturated rings. The van der Waals surface area contributed by atoms with E-state index < -0.39 is 45.5 Å². The first-order chi connectivity index (χ1) is 24.8. The summed E-state index contributed by atoms with van der Waals surface area (Å²) in [5, 5.41) is 83.4. The zero-order valence-corrected chi connectivity index (χ0v) is 28.4. The van der Waals surface area contributed by atoms with E-state index in [9.17, 15) is 40.2 Å². The molecule has 0 aliphatic heterocycles. The van der Waals surface area contributed by atoms with Gasteiger partial charge in [0.25, 0.3) is 0 Å². The van der Waals surface area contributed by atoms with E-state index in [1.807, 2.05) is 13.8 Å². The molecular formula is C38H29B4F3O8. The number of fused-ring (bicyclic) bond motifs is 8. The van der Waals surface area contributed by atoms with E-state index in [1.54, 1.807) is 24.3 Å². The average molecular weight is 714 g/mol. The van der Waals surface area contributed by atoms with Crippen molar-refractivity contribution in [3.63, 3.8) is 0 Å². The van der Waals surface area contributed by atoms with Gasteiger partial charge in [-0.3, -0.25) is 0 Å². The lowest BCUT2D eigenvalue weighted by molar-refractivity contribution is -0.174. The van der Waals surface area contributed by atoms with Gasteiger partial charge >= 0.3 is 34.6 Å². The van der Waals surface area contributed by atoms with Crippen molar-refractivity contribution in [2.24, 2.45) is 0 Å². The maximum Gasteiger partial charge on any atom is 0.488 e. The van der Waals surface area contributed by atoms with Gasteiger partial charge in [-0.25, -0.2) is 0 Å². The largest absolute Gasteiger partial charge is 0.488 e. The zero-order chi connectivity index (χ0) is 37.8. The van der Waals surface area contributed by atoms with E-state index in [0.717, 1.165) is 6.92 Å². The summed E-state index contributed by atoms with van der Waals surface area (Å²) in [5.74, 6) is 0. The van der Waals surface area contributed by atoms with Gasteiger partial charge in [0.2, 0.25) is 0 Å².